The summed E-state index contributed by atoms with van der Waals surface area (Å²) < 4.78 is 21.1. The summed E-state index contributed by atoms with van der Waals surface area (Å²) in [6.45, 7) is 0.329. The zero-order valence-electron chi connectivity index (χ0n) is 16.7. The van der Waals surface area contributed by atoms with Gasteiger partial charge in [0.1, 0.15) is 17.2 Å². The normalized spacial score (nSPS) is 12.4. The maximum Gasteiger partial charge on any atom is 0.268 e. The van der Waals surface area contributed by atoms with Gasteiger partial charge in [0.2, 0.25) is 6.79 Å². The van der Waals surface area contributed by atoms with E-state index >= 15 is 0 Å². The van der Waals surface area contributed by atoms with Gasteiger partial charge in [0, 0.05) is 5.56 Å². The molecule has 158 valence electrons. The van der Waals surface area contributed by atoms with Crippen LogP contribution in [0.4, 0.5) is 0 Å². The highest BCUT2D eigenvalue weighted by Gasteiger charge is 2.17. The molecule has 31 heavy (non-hydrogen) atoms. The second-order valence-electron chi connectivity index (χ2n) is 6.62. The number of furan rings is 1. The molecular weight excluding hydrogens is 400 g/mol. The monoisotopic (exact) mass is 420 g/mol. The molecule has 0 unspecified atom stereocenters. The molecule has 0 saturated carbocycles. The number of amides is 2. The predicted octanol–water partition coefficient (Wildman–Crippen LogP) is 3.10. The number of fused-ring (bicyclic) bond motifs is 1. The zero-order valence-corrected chi connectivity index (χ0v) is 16.7. The van der Waals surface area contributed by atoms with E-state index in [0.717, 1.165) is 0 Å². The zero-order chi connectivity index (χ0) is 21.6. The number of carbonyl (C=O) groups is 2. The van der Waals surface area contributed by atoms with Gasteiger partial charge >= 0.3 is 0 Å². The molecule has 1 aliphatic heterocycles. The standard InChI is InChI=1S/C23H20N2O6/c1-28-17-7-5-16(6-8-17)22(26)25-19(23(27)24-13-18-3-2-10-29-18)11-15-4-9-20-21(12-15)31-14-30-20/h2-12H,13-14H2,1H3,(H,24,27)(H,25,26)/b19-11+. The third-order valence-electron chi connectivity index (χ3n) is 4.56. The van der Waals surface area contributed by atoms with Crippen molar-refractivity contribution in [2.75, 3.05) is 13.9 Å². The lowest BCUT2D eigenvalue weighted by atomic mass is 10.1. The maximum atomic E-state index is 12.8. The summed E-state index contributed by atoms with van der Waals surface area (Å²) in [6.07, 6.45) is 3.09. The lowest BCUT2D eigenvalue weighted by Gasteiger charge is -2.11. The Morgan fingerprint density at radius 2 is 1.87 bits per heavy atom. The molecule has 3 aromatic rings. The second kappa shape index (κ2) is 9.08. The number of benzene rings is 2. The van der Waals surface area contributed by atoms with E-state index in [2.05, 4.69) is 10.6 Å². The van der Waals surface area contributed by atoms with Crippen LogP contribution in [0.5, 0.6) is 17.2 Å². The van der Waals surface area contributed by atoms with Crippen molar-refractivity contribution in [3.05, 3.63) is 83.4 Å². The Morgan fingerprint density at radius 3 is 2.61 bits per heavy atom. The van der Waals surface area contributed by atoms with E-state index < -0.39 is 11.8 Å². The molecule has 4 rings (SSSR count). The Labute approximate surface area is 178 Å². The number of hydrogen-bond acceptors (Lipinski definition) is 6. The van der Waals surface area contributed by atoms with Gasteiger partial charge in [-0.1, -0.05) is 6.07 Å². The first-order chi connectivity index (χ1) is 15.1. The fourth-order valence-corrected chi connectivity index (χ4v) is 2.94. The van der Waals surface area contributed by atoms with Gasteiger partial charge in [-0.05, 0) is 60.2 Å². The summed E-state index contributed by atoms with van der Waals surface area (Å²) in [5, 5.41) is 5.42. The Morgan fingerprint density at radius 1 is 1.06 bits per heavy atom. The Hall–Kier alpha value is -4.20. The number of hydrogen-bond donors (Lipinski definition) is 2. The van der Waals surface area contributed by atoms with E-state index in [4.69, 9.17) is 18.6 Å². The fourth-order valence-electron chi connectivity index (χ4n) is 2.94. The molecule has 0 saturated heterocycles. The molecule has 2 amide bonds. The minimum absolute atomic E-state index is 0.0752. The summed E-state index contributed by atoms with van der Waals surface area (Å²) >= 11 is 0. The van der Waals surface area contributed by atoms with Crippen LogP contribution in [0.25, 0.3) is 6.08 Å². The van der Waals surface area contributed by atoms with Crippen molar-refractivity contribution < 1.29 is 28.2 Å². The molecule has 0 aliphatic carbocycles. The number of nitrogens with one attached hydrogen (secondary N) is 2. The quantitative estimate of drug-likeness (QED) is 0.570. The summed E-state index contributed by atoms with van der Waals surface area (Å²) in [5.74, 6) is 1.54. The maximum absolute atomic E-state index is 12.8. The second-order valence-corrected chi connectivity index (χ2v) is 6.62. The molecule has 0 spiro atoms. The van der Waals surface area contributed by atoms with E-state index in [0.29, 0.717) is 34.1 Å². The molecule has 1 aliphatic rings. The number of ether oxygens (including phenoxy) is 3. The van der Waals surface area contributed by atoms with Crippen LogP contribution in [0, 0.1) is 0 Å². The van der Waals surface area contributed by atoms with Gasteiger partial charge in [-0.15, -0.1) is 0 Å². The summed E-state index contributed by atoms with van der Waals surface area (Å²) in [5.41, 5.74) is 1.13. The van der Waals surface area contributed by atoms with Crippen LogP contribution < -0.4 is 24.8 Å². The van der Waals surface area contributed by atoms with Crippen LogP contribution in [0.15, 0.2) is 71.0 Å². The van der Waals surface area contributed by atoms with Gasteiger partial charge in [-0.25, -0.2) is 0 Å². The van der Waals surface area contributed by atoms with E-state index in [9.17, 15) is 9.59 Å². The molecule has 0 fully saturated rings. The predicted molar refractivity (Wildman–Crippen MR) is 112 cm³/mol. The van der Waals surface area contributed by atoms with E-state index in [1.165, 1.54) is 6.26 Å². The van der Waals surface area contributed by atoms with Gasteiger partial charge in [0.25, 0.3) is 11.8 Å². The lowest BCUT2D eigenvalue weighted by molar-refractivity contribution is -0.118. The molecular formula is C23H20N2O6. The van der Waals surface area contributed by atoms with Crippen molar-refractivity contribution in [3.63, 3.8) is 0 Å². The van der Waals surface area contributed by atoms with Gasteiger partial charge in [-0.2, -0.15) is 0 Å². The highest BCUT2D eigenvalue weighted by Crippen LogP contribution is 2.33. The van der Waals surface area contributed by atoms with Crippen LogP contribution in [-0.2, 0) is 11.3 Å². The molecule has 0 atom stereocenters. The Kier molecular flexibility index (Phi) is 5.89. The highest BCUT2D eigenvalue weighted by molar-refractivity contribution is 6.05. The van der Waals surface area contributed by atoms with Crippen LogP contribution >= 0.6 is 0 Å². The number of carbonyl (C=O) groups excluding carboxylic acids is 2. The average molecular weight is 420 g/mol. The van der Waals surface area contributed by atoms with Crippen molar-refractivity contribution in [3.8, 4) is 17.2 Å². The van der Waals surface area contributed by atoms with Crippen molar-refractivity contribution >= 4 is 17.9 Å². The molecule has 8 heteroatoms. The first-order valence-electron chi connectivity index (χ1n) is 9.50. The smallest absolute Gasteiger partial charge is 0.268 e. The fraction of sp³-hybridized carbons (Fsp3) is 0.130. The summed E-state index contributed by atoms with van der Waals surface area (Å²) in [6, 6.07) is 15.3. The van der Waals surface area contributed by atoms with Gasteiger partial charge < -0.3 is 29.3 Å². The Bertz CT molecular complexity index is 1100. The largest absolute Gasteiger partial charge is 0.497 e. The third kappa shape index (κ3) is 4.87. The molecule has 0 bridgehead atoms. The molecule has 2 heterocycles. The molecule has 0 radical (unpaired) electrons. The SMILES string of the molecule is COc1ccc(C(=O)N/C(=C/c2ccc3c(c2)OCO3)C(=O)NCc2ccco2)cc1. The summed E-state index contributed by atoms with van der Waals surface area (Å²) in [7, 11) is 1.55. The minimum atomic E-state index is -0.462. The van der Waals surface area contributed by atoms with Gasteiger partial charge in [0.05, 0.1) is 19.9 Å². The third-order valence-corrected chi connectivity index (χ3v) is 4.56. The molecule has 8 nitrogen and oxygen atoms in total. The van der Waals surface area contributed by atoms with Crippen molar-refractivity contribution in [2.24, 2.45) is 0 Å². The van der Waals surface area contributed by atoms with Crippen LogP contribution in [-0.4, -0.2) is 25.7 Å². The van der Waals surface area contributed by atoms with E-state index in [-0.39, 0.29) is 19.0 Å². The van der Waals surface area contributed by atoms with Crippen LogP contribution in [0.1, 0.15) is 21.7 Å². The number of rotatable bonds is 7. The van der Waals surface area contributed by atoms with Gasteiger partial charge in [0.15, 0.2) is 11.5 Å². The topological polar surface area (TPSA) is 99.0 Å². The first-order valence-corrected chi connectivity index (χ1v) is 9.50. The van der Waals surface area contributed by atoms with Gasteiger partial charge in [-0.3, -0.25) is 9.59 Å². The van der Waals surface area contributed by atoms with Crippen molar-refractivity contribution in [2.45, 2.75) is 6.54 Å². The van der Waals surface area contributed by atoms with Crippen LogP contribution in [0.3, 0.4) is 0 Å². The minimum Gasteiger partial charge on any atom is -0.497 e. The van der Waals surface area contributed by atoms with Crippen LogP contribution in [0.2, 0.25) is 0 Å². The number of methoxy groups -OCH3 is 1. The lowest BCUT2D eigenvalue weighted by Crippen LogP contribution is -2.34. The first kappa shape index (κ1) is 20.1. The van der Waals surface area contributed by atoms with E-state index in [1.807, 2.05) is 0 Å². The Balaban J connectivity index is 1.56. The molecule has 1 aromatic heterocycles. The average Bonchev–Trinajstić information content (AvgIpc) is 3.48. The van der Waals surface area contributed by atoms with E-state index in [1.54, 1.807) is 67.8 Å². The molecule has 2 N–H and O–H groups in total. The van der Waals surface area contributed by atoms with Crippen molar-refractivity contribution in [1.29, 1.82) is 0 Å². The summed E-state index contributed by atoms with van der Waals surface area (Å²) in [4.78, 5) is 25.6. The van der Waals surface area contributed by atoms with Crippen molar-refractivity contribution in [1.82, 2.24) is 10.6 Å². The highest BCUT2D eigenvalue weighted by atomic mass is 16.7. The molecule has 2 aromatic carbocycles.